The molecule has 2 aliphatic heterocycles. The molecule has 0 radical (unpaired) electrons. The number of carbonyl (C=O) groups excluding carboxylic acids is 1. The van der Waals surface area contributed by atoms with Crippen LogP contribution >= 0.6 is 0 Å². The Hall–Kier alpha value is -1.85. The van der Waals surface area contributed by atoms with Gasteiger partial charge in [-0.2, -0.15) is 0 Å². The molecule has 0 bridgehead atoms. The third-order valence-corrected chi connectivity index (χ3v) is 5.22. The zero-order chi connectivity index (χ0) is 16.7. The van der Waals surface area contributed by atoms with E-state index in [-0.39, 0.29) is 5.91 Å². The molecule has 1 amide bonds. The van der Waals surface area contributed by atoms with Crippen molar-refractivity contribution < 1.29 is 14.3 Å². The number of β-amino-alcohol motifs (C(OH)–C–C–N with tert-alkyl or cyclic N) is 1. The fourth-order valence-electron chi connectivity index (χ4n) is 4.01. The number of carbonyl (C=O) groups is 1. The highest BCUT2D eigenvalue weighted by Gasteiger charge is 2.40. The third-order valence-electron chi connectivity index (χ3n) is 5.22. The Kier molecular flexibility index (Phi) is 3.85. The first-order chi connectivity index (χ1) is 11.5. The van der Waals surface area contributed by atoms with Crippen molar-refractivity contribution in [2.24, 2.45) is 0 Å². The van der Waals surface area contributed by atoms with Crippen LogP contribution in [-0.4, -0.2) is 59.1 Å². The van der Waals surface area contributed by atoms with Crippen molar-refractivity contribution in [1.29, 1.82) is 0 Å². The zero-order valence-corrected chi connectivity index (χ0v) is 14.1. The van der Waals surface area contributed by atoms with Gasteiger partial charge in [-0.3, -0.25) is 4.79 Å². The number of hydrogen-bond donors (Lipinski definition) is 1. The van der Waals surface area contributed by atoms with Gasteiger partial charge in [0.2, 0.25) is 0 Å². The molecule has 128 valence electrons. The molecule has 2 aromatic rings. The molecule has 24 heavy (non-hydrogen) atoms. The van der Waals surface area contributed by atoms with Crippen molar-refractivity contribution in [2.45, 2.75) is 31.8 Å². The number of rotatable bonds is 3. The highest BCUT2D eigenvalue weighted by molar-refractivity contribution is 5.98. The lowest BCUT2D eigenvalue weighted by Crippen LogP contribution is -2.45. The normalized spacial score (nSPS) is 25.0. The van der Waals surface area contributed by atoms with Gasteiger partial charge in [0.25, 0.3) is 5.91 Å². The largest absolute Gasteiger partial charge is 0.461 e. The minimum absolute atomic E-state index is 0.00639. The quantitative estimate of drug-likeness (QED) is 0.940. The topological polar surface area (TPSA) is 56.9 Å². The van der Waals surface area contributed by atoms with Gasteiger partial charge in [0.15, 0.2) is 0 Å². The Morgan fingerprint density at radius 2 is 2.04 bits per heavy atom. The Labute approximate surface area is 141 Å². The first-order valence-electron chi connectivity index (χ1n) is 8.77. The zero-order valence-electron chi connectivity index (χ0n) is 14.1. The van der Waals surface area contributed by atoms with Crippen LogP contribution in [0.2, 0.25) is 0 Å². The number of aliphatic hydroxyl groups is 1. The molecule has 1 N–H and O–H groups in total. The van der Waals surface area contributed by atoms with Crippen molar-refractivity contribution in [3.8, 4) is 0 Å². The highest BCUT2D eigenvalue weighted by atomic mass is 16.3. The first kappa shape index (κ1) is 15.7. The van der Waals surface area contributed by atoms with Gasteiger partial charge < -0.3 is 19.3 Å². The second kappa shape index (κ2) is 5.90. The van der Waals surface area contributed by atoms with E-state index in [0.717, 1.165) is 29.8 Å². The monoisotopic (exact) mass is 328 g/mol. The standard InChI is InChI=1S/C19H24N2O3/c1-14-10-16-11-15(4-5-17(16)24-14)18(22)21-9-6-19(23,13-21)12-20-7-2-3-8-20/h4-5,10-11,23H,2-3,6-9,12-13H2,1H3. The van der Waals surface area contributed by atoms with Gasteiger partial charge in [0.05, 0.1) is 12.1 Å². The summed E-state index contributed by atoms with van der Waals surface area (Å²) in [6.07, 6.45) is 3.08. The van der Waals surface area contributed by atoms with Crippen LogP contribution in [0.4, 0.5) is 0 Å². The summed E-state index contributed by atoms with van der Waals surface area (Å²) in [5.74, 6) is 0.837. The van der Waals surface area contributed by atoms with E-state index in [2.05, 4.69) is 4.90 Å². The van der Waals surface area contributed by atoms with Crippen LogP contribution in [0.25, 0.3) is 11.0 Å². The van der Waals surface area contributed by atoms with E-state index in [9.17, 15) is 9.90 Å². The Balaban J connectivity index is 1.47. The molecule has 1 atom stereocenters. The van der Waals surface area contributed by atoms with Gasteiger partial charge >= 0.3 is 0 Å². The summed E-state index contributed by atoms with van der Waals surface area (Å²) >= 11 is 0. The van der Waals surface area contributed by atoms with Gasteiger partial charge in [-0.1, -0.05) is 0 Å². The molecule has 4 rings (SSSR count). The number of furan rings is 1. The smallest absolute Gasteiger partial charge is 0.253 e. The minimum Gasteiger partial charge on any atom is -0.461 e. The summed E-state index contributed by atoms with van der Waals surface area (Å²) in [7, 11) is 0. The molecule has 3 heterocycles. The van der Waals surface area contributed by atoms with Gasteiger partial charge in [0, 0.05) is 24.0 Å². The van der Waals surface area contributed by atoms with Crippen LogP contribution in [0.1, 0.15) is 35.4 Å². The van der Waals surface area contributed by atoms with E-state index >= 15 is 0 Å². The summed E-state index contributed by atoms with van der Waals surface area (Å²) < 4.78 is 5.57. The summed E-state index contributed by atoms with van der Waals surface area (Å²) in [5.41, 5.74) is 0.695. The SMILES string of the molecule is Cc1cc2cc(C(=O)N3CCC(O)(CN4CCCC4)C3)ccc2o1. The van der Waals surface area contributed by atoms with Crippen LogP contribution in [-0.2, 0) is 0 Å². The van der Waals surface area contributed by atoms with Crippen LogP contribution in [0.3, 0.4) is 0 Å². The average Bonchev–Trinajstić information content (AvgIpc) is 3.25. The van der Waals surface area contributed by atoms with Crippen molar-refractivity contribution in [1.82, 2.24) is 9.80 Å². The minimum atomic E-state index is -0.768. The lowest BCUT2D eigenvalue weighted by Gasteiger charge is -2.28. The van der Waals surface area contributed by atoms with E-state index in [4.69, 9.17) is 4.42 Å². The van der Waals surface area contributed by atoms with Crippen LogP contribution in [0.15, 0.2) is 28.7 Å². The summed E-state index contributed by atoms with van der Waals surface area (Å²) in [6, 6.07) is 7.49. The van der Waals surface area contributed by atoms with Gasteiger partial charge in [-0.25, -0.2) is 0 Å². The molecule has 1 aromatic heterocycles. The van der Waals surface area contributed by atoms with Crippen molar-refractivity contribution in [2.75, 3.05) is 32.7 Å². The molecule has 5 nitrogen and oxygen atoms in total. The maximum Gasteiger partial charge on any atom is 0.253 e. The first-order valence-corrected chi connectivity index (χ1v) is 8.77. The Morgan fingerprint density at radius 1 is 1.25 bits per heavy atom. The molecular formula is C19H24N2O3. The number of likely N-dealkylation sites (tertiary alicyclic amines) is 2. The number of amides is 1. The fourth-order valence-corrected chi connectivity index (χ4v) is 4.01. The van der Waals surface area contributed by atoms with Crippen LogP contribution < -0.4 is 0 Å². The molecule has 2 fully saturated rings. The van der Waals surface area contributed by atoms with Crippen molar-refractivity contribution in [3.05, 3.63) is 35.6 Å². The Morgan fingerprint density at radius 3 is 2.83 bits per heavy atom. The number of aryl methyl sites for hydroxylation is 1. The maximum atomic E-state index is 12.8. The second-order valence-electron chi connectivity index (χ2n) is 7.29. The van der Waals surface area contributed by atoms with Crippen molar-refractivity contribution in [3.63, 3.8) is 0 Å². The number of benzene rings is 1. The Bertz CT molecular complexity index is 763. The molecule has 1 aromatic carbocycles. The molecule has 0 spiro atoms. The molecule has 0 saturated carbocycles. The van der Waals surface area contributed by atoms with E-state index in [1.807, 2.05) is 31.2 Å². The lowest BCUT2D eigenvalue weighted by atomic mass is 10.0. The molecule has 2 saturated heterocycles. The summed E-state index contributed by atoms with van der Waals surface area (Å²) in [6.45, 7) is 5.74. The fraction of sp³-hybridized carbons (Fsp3) is 0.526. The molecule has 2 aliphatic rings. The summed E-state index contributed by atoms with van der Waals surface area (Å²) in [4.78, 5) is 16.9. The molecule has 5 heteroatoms. The molecule has 0 aliphatic carbocycles. The average molecular weight is 328 g/mol. The summed E-state index contributed by atoms with van der Waals surface area (Å²) in [5, 5.41) is 11.8. The predicted molar refractivity (Wildman–Crippen MR) is 92.1 cm³/mol. The maximum absolute atomic E-state index is 12.8. The molecular weight excluding hydrogens is 304 g/mol. The van der Waals surface area contributed by atoms with Gasteiger partial charge in [-0.05, 0) is 63.5 Å². The van der Waals surface area contributed by atoms with E-state index in [0.29, 0.717) is 31.6 Å². The lowest BCUT2D eigenvalue weighted by molar-refractivity contribution is 0.0175. The van der Waals surface area contributed by atoms with Crippen LogP contribution in [0.5, 0.6) is 0 Å². The van der Waals surface area contributed by atoms with E-state index in [1.165, 1.54) is 12.8 Å². The van der Waals surface area contributed by atoms with E-state index < -0.39 is 5.60 Å². The van der Waals surface area contributed by atoms with Gasteiger partial charge in [-0.15, -0.1) is 0 Å². The second-order valence-corrected chi connectivity index (χ2v) is 7.29. The highest BCUT2D eigenvalue weighted by Crippen LogP contribution is 2.27. The predicted octanol–water partition coefficient (Wildman–Crippen LogP) is 2.41. The number of hydrogen-bond acceptors (Lipinski definition) is 4. The number of fused-ring (bicyclic) bond motifs is 1. The molecule has 1 unspecified atom stereocenters. The number of nitrogens with zero attached hydrogens (tertiary/aromatic N) is 2. The van der Waals surface area contributed by atoms with Gasteiger partial charge in [0.1, 0.15) is 11.3 Å². The third kappa shape index (κ3) is 2.94. The van der Waals surface area contributed by atoms with Crippen LogP contribution in [0, 0.1) is 6.92 Å². The van der Waals surface area contributed by atoms with E-state index in [1.54, 1.807) is 4.90 Å². The van der Waals surface area contributed by atoms with Crippen molar-refractivity contribution >= 4 is 16.9 Å².